The minimum Gasteiger partial charge on any atom is -0.293 e. The molecule has 0 aliphatic heterocycles. The molecule has 18 heavy (non-hydrogen) atoms. The van der Waals surface area contributed by atoms with Crippen LogP contribution in [0.5, 0.6) is 0 Å². The van der Waals surface area contributed by atoms with Gasteiger partial charge in [-0.1, -0.05) is 23.2 Å². The SMILES string of the molecule is O=c1c(Cl)c(Cl)ncn1Cc1cc(F)cc(F)c1. The van der Waals surface area contributed by atoms with Gasteiger partial charge in [-0.05, 0) is 17.7 Å². The summed E-state index contributed by atoms with van der Waals surface area (Å²) in [5, 5.41) is -0.334. The zero-order valence-corrected chi connectivity index (χ0v) is 10.3. The second kappa shape index (κ2) is 5.04. The van der Waals surface area contributed by atoms with Crippen molar-refractivity contribution in [1.29, 1.82) is 0 Å². The second-order valence-corrected chi connectivity index (χ2v) is 4.30. The van der Waals surface area contributed by atoms with Gasteiger partial charge in [-0.2, -0.15) is 0 Å². The van der Waals surface area contributed by atoms with Crippen LogP contribution >= 0.6 is 23.2 Å². The van der Waals surface area contributed by atoms with Gasteiger partial charge in [0.1, 0.15) is 16.7 Å². The molecule has 1 aromatic heterocycles. The lowest BCUT2D eigenvalue weighted by atomic mass is 10.2. The number of benzene rings is 1. The molecular formula is C11H6Cl2F2N2O. The Kier molecular flexibility index (Phi) is 3.63. The predicted molar refractivity (Wildman–Crippen MR) is 64.0 cm³/mol. The van der Waals surface area contributed by atoms with E-state index in [-0.39, 0.29) is 22.3 Å². The van der Waals surface area contributed by atoms with E-state index in [1.54, 1.807) is 0 Å². The Morgan fingerprint density at radius 1 is 1.17 bits per heavy atom. The van der Waals surface area contributed by atoms with Crippen molar-refractivity contribution < 1.29 is 8.78 Å². The summed E-state index contributed by atoms with van der Waals surface area (Å²) >= 11 is 11.2. The Balaban J connectivity index is 2.40. The van der Waals surface area contributed by atoms with Gasteiger partial charge < -0.3 is 0 Å². The molecule has 0 amide bonds. The van der Waals surface area contributed by atoms with Crippen LogP contribution in [-0.2, 0) is 6.54 Å². The van der Waals surface area contributed by atoms with E-state index in [4.69, 9.17) is 23.2 Å². The van der Waals surface area contributed by atoms with Crippen molar-refractivity contribution in [3.05, 3.63) is 62.3 Å². The van der Waals surface area contributed by atoms with Crippen molar-refractivity contribution in [3.63, 3.8) is 0 Å². The fraction of sp³-hybridized carbons (Fsp3) is 0.0909. The molecule has 7 heteroatoms. The number of hydrogen-bond donors (Lipinski definition) is 0. The highest BCUT2D eigenvalue weighted by molar-refractivity contribution is 6.40. The summed E-state index contributed by atoms with van der Waals surface area (Å²) in [5.74, 6) is -1.43. The summed E-state index contributed by atoms with van der Waals surface area (Å²) in [7, 11) is 0. The largest absolute Gasteiger partial charge is 0.293 e. The van der Waals surface area contributed by atoms with Gasteiger partial charge in [0.15, 0.2) is 5.15 Å². The molecule has 0 unspecified atom stereocenters. The highest BCUT2D eigenvalue weighted by atomic mass is 35.5. The third kappa shape index (κ3) is 2.68. The zero-order chi connectivity index (χ0) is 13.3. The van der Waals surface area contributed by atoms with Gasteiger partial charge in [0, 0.05) is 6.07 Å². The molecule has 0 aliphatic rings. The predicted octanol–water partition coefficient (Wildman–Crippen LogP) is 2.88. The van der Waals surface area contributed by atoms with Crippen LogP contribution in [0.25, 0.3) is 0 Å². The molecule has 1 aromatic carbocycles. The molecule has 1 heterocycles. The molecule has 0 aliphatic carbocycles. The van der Waals surface area contributed by atoms with Crippen molar-refractivity contribution >= 4 is 23.2 Å². The fourth-order valence-corrected chi connectivity index (χ4v) is 1.74. The van der Waals surface area contributed by atoms with Crippen LogP contribution in [0.15, 0.2) is 29.3 Å². The molecule has 0 bridgehead atoms. The van der Waals surface area contributed by atoms with Crippen molar-refractivity contribution in [3.8, 4) is 0 Å². The average Bonchev–Trinajstić information content (AvgIpc) is 2.29. The van der Waals surface area contributed by atoms with E-state index in [0.29, 0.717) is 0 Å². The average molecular weight is 291 g/mol. The molecule has 0 saturated carbocycles. The number of halogens is 4. The highest BCUT2D eigenvalue weighted by Crippen LogP contribution is 2.14. The normalized spacial score (nSPS) is 10.7. The Morgan fingerprint density at radius 3 is 2.39 bits per heavy atom. The fourth-order valence-electron chi connectivity index (χ4n) is 1.46. The third-order valence-corrected chi connectivity index (χ3v) is 2.94. The maximum Gasteiger partial charge on any atom is 0.273 e. The first-order chi connectivity index (χ1) is 8.47. The van der Waals surface area contributed by atoms with E-state index < -0.39 is 17.2 Å². The van der Waals surface area contributed by atoms with E-state index in [2.05, 4.69) is 4.98 Å². The van der Waals surface area contributed by atoms with Gasteiger partial charge in [-0.3, -0.25) is 9.36 Å². The number of aromatic nitrogens is 2. The lowest BCUT2D eigenvalue weighted by Gasteiger charge is -2.06. The van der Waals surface area contributed by atoms with Gasteiger partial charge in [-0.15, -0.1) is 0 Å². The van der Waals surface area contributed by atoms with Gasteiger partial charge in [0.05, 0.1) is 12.9 Å². The van der Waals surface area contributed by atoms with E-state index in [9.17, 15) is 13.6 Å². The molecule has 2 aromatic rings. The quantitative estimate of drug-likeness (QED) is 0.797. The highest BCUT2D eigenvalue weighted by Gasteiger charge is 2.08. The molecule has 0 saturated heterocycles. The van der Waals surface area contributed by atoms with Crippen molar-refractivity contribution in [2.24, 2.45) is 0 Å². The van der Waals surface area contributed by atoms with Crippen LogP contribution in [0.3, 0.4) is 0 Å². The minimum absolute atomic E-state index is 0.0442. The Hall–Kier alpha value is -1.46. The third-order valence-electron chi connectivity index (χ3n) is 2.22. The van der Waals surface area contributed by atoms with Crippen LogP contribution in [0.1, 0.15) is 5.56 Å². The molecule has 0 radical (unpaired) electrons. The lowest BCUT2D eigenvalue weighted by Crippen LogP contribution is -2.21. The molecule has 3 nitrogen and oxygen atoms in total. The molecule has 0 spiro atoms. The molecule has 94 valence electrons. The van der Waals surface area contributed by atoms with Crippen molar-refractivity contribution in [2.75, 3.05) is 0 Å². The van der Waals surface area contributed by atoms with E-state index in [1.165, 1.54) is 6.33 Å². The maximum absolute atomic E-state index is 13.0. The summed E-state index contributed by atoms with van der Waals surface area (Å²) in [5.41, 5.74) is -0.281. The van der Waals surface area contributed by atoms with Crippen molar-refractivity contribution in [1.82, 2.24) is 9.55 Å². The summed E-state index contributed by atoms with van der Waals surface area (Å²) in [6.45, 7) is -0.0442. The van der Waals surface area contributed by atoms with Gasteiger partial charge in [0.25, 0.3) is 5.56 Å². The first-order valence-electron chi connectivity index (χ1n) is 4.83. The summed E-state index contributed by atoms with van der Waals surface area (Å²) in [6, 6.07) is 3.00. The van der Waals surface area contributed by atoms with E-state index in [1.807, 2.05) is 0 Å². The van der Waals surface area contributed by atoms with Crippen LogP contribution in [0.2, 0.25) is 10.2 Å². The summed E-state index contributed by atoms with van der Waals surface area (Å²) in [4.78, 5) is 15.4. The van der Waals surface area contributed by atoms with Crippen LogP contribution in [0, 0.1) is 11.6 Å². The first kappa shape index (κ1) is 13.0. The van der Waals surface area contributed by atoms with E-state index in [0.717, 1.165) is 22.8 Å². The van der Waals surface area contributed by atoms with Crippen molar-refractivity contribution in [2.45, 2.75) is 6.54 Å². The van der Waals surface area contributed by atoms with Gasteiger partial charge >= 0.3 is 0 Å². The monoisotopic (exact) mass is 290 g/mol. The first-order valence-corrected chi connectivity index (χ1v) is 5.58. The molecular weight excluding hydrogens is 285 g/mol. The number of nitrogens with zero attached hydrogens (tertiary/aromatic N) is 2. The molecule has 2 rings (SSSR count). The summed E-state index contributed by atoms with van der Waals surface area (Å²) < 4.78 is 27.1. The van der Waals surface area contributed by atoms with Gasteiger partial charge in [-0.25, -0.2) is 13.8 Å². The Bertz CT molecular complexity index is 638. The second-order valence-electron chi connectivity index (χ2n) is 3.56. The maximum atomic E-state index is 13.0. The standard InChI is InChI=1S/C11H6Cl2F2N2O/c12-9-10(13)16-5-17(11(9)18)4-6-1-7(14)3-8(15)2-6/h1-3,5H,4H2. The van der Waals surface area contributed by atoms with Crippen LogP contribution < -0.4 is 5.56 Å². The minimum atomic E-state index is -0.717. The topological polar surface area (TPSA) is 34.9 Å². The Labute approximate surface area is 111 Å². The smallest absolute Gasteiger partial charge is 0.273 e. The number of hydrogen-bond acceptors (Lipinski definition) is 2. The van der Waals surface area contributed by atoms with E-state index >= 15 is 0 Å². The van der Waals surface area contributed by atoms with Crippen LogP contribution in [0.4, 0.5) is 8.78 Å². The molecule has 0 atom stereocenters. The lowest BCUT2D eigenvalue weighted by molar-refractivity contribution is 0.576. The number of rotatable bonds is 2. The summed E-state index contributed by atoms with van der Waals surface area (Å²) in [6.07, 6.45) is 1.17. The molecule has 0 fully saturated rings. The van der Waals surface area contributed by atoms with Gasteiger partial charge in [0.2, 0.25) is 0 Å². The molecule has 0 N–H and O–H groups in total. The Morgan fingerprint density at radius 2 is 1.78 bits per heavy atom. The zero-order valence-electron chi connectivity index (χ0n) is 8.83. The van der Waals surface area contributed by atoms with Crippen LogP contribution in [-0.4, -0.2) is 9.55 Å².